The number of piperidine rings is 2. The molecule has 3 fully saturated rings. The van der Waals surface area contributed by atoms with Crippen molar-refractivity contribution in [3.8, 4) is 0 Å². The van der Waals surface area contributed by atoms with Crippen molar-refractivity contribution in [3.05, 3.63) is 58.6 Å². The Morgan fingerprint density at radius 3 is 2.39 bits per heavy atom. The molecule has 1 aromatic carbocycles. The number of anilines is 2. The van der Waals surface area contributed by atoms with Gasteiger partial charge < -0.3 is 15.5 Å². The molecule has 12 heteroatoms. The number of aromatic nitrogens is 3. The number of piperazine rings is 1. The van der Waals surface area contributed by atoms with Crippen LogP contribution in [0.2, 0.25) is 0 Å². The third-order valence-electron chi connectivity index (χ3n) is 8.52. The monoisotopic (exact) mass is 558 g/mol. The normalized spacial score (nSPS) is 20.8. The number of hydrogen-bond donors (Lipinski definition) is 2. The molecule has 1 atom stereocenters. The second-order valence-electron chi connectivity index (χ2n) is 11.1. The van der Waals surface area contributed by atoms with Gasteiger partial charge in [-0.15, -0.1) is 0 Å². The summed E-state index contributed by atoms with van der Waals surface area (Å²) < 4.78 is 1.20. The minimum absolute atomic E-state index is 0.193. The van der Waals surface area contributed by atoms with Gasteiger partial charge in [-0.3, -0.25) is 29.4 Å². The third kappa shape index (κ3) is 5.64. The van der Waals surface area contributed by atoms with Crippen LogP contribution in [0.25, 0.3) is 10.8 Å². The number of nitrogens with zero attached hydrogens (tertiary/aromatic N) is 6. The second-order valence-corrected chi connectivity index (χ2v) is 11.1. The number of carbonyl (C=O) groups is 3. The van der Waals surface area contributed by atoms with Gasteiger partial charge in [0.05, 0.1) is 17.1 Å². The van der Waals surface area contributed by atoms with Gasteiger partial charge in [0.2, 0.25) is 11.8 Å². The summed E-state index contributed by atoms with van der Waals surface area (Å²) in [6, 6.07) is 8.61. The SMILES string of the molecule is NC(=O)c1ccc(N2CCC(CN3CCN(c4ccc5c(=O)n([C@@H]6CCC(=O)NC6=O)ncc5c4)CC3)CC2)nc1. The lowest BCUT2D eigenvalue weighted by Gasteiger charge is -2.40. The lowest BCUT2D eigenvalue weighted by Crippen LogP contribution is -2.49. The number of imide groups is 1. The highest BCUT2D eigenvalue weighted by atomic mass is 16.2. The average Bonchev–Trinajstić information content (AvgIpc) is 2.98. The summed E-state index contributed by atoms with van der Waals surface area (Å²) in [5, 5.41) is 7.83. The van der Waals surface area contributed by atoms with Gasteiger partial charge in [0.1, 0.15) is 11.9 Å². The number of fused-ring (bicyclic) bond motifs is 1. The molecule has 0 unspecified atom stereocenters. The fourth-order valence-electron chi connectivity index (χ4n) is 6.10. The van der Waals surface area contributed by atoms with Crippen LogP contribution < -0.4 is 26.4 Å². The lowest BCUT2D eigenvalue weighted by molar-refractivity contribution is -0.136. The first kappa shape index (κ1) is 26.9. The Morgan fingerprint density at radius 2 is 1.71 bits per heavy atom. The highest BCUT2D eigenvalue weighted by Crippen LogP contribution is 2.25. The van der Waals surface area contributed by atoms with Crippen molar-refractivity contribution < 1.29 is 14.4 Å². The first-order valence-corrected chi connectivity index (χ1v) is 14.2. The smallest absolute Gasteiger partial charge is 0.275 e. The highest BCUT2D eigenvalue weighted by Gasteiger charge is 2.30. The standard InChI is InChI=1S/C29H34N8O4/c30-27(39)20-1-5-25(31-16-20)36-9-7-19(8-10-36)18-34-11-13-35(14-12-34)22-2-3-23-21(15-22)17-32-37(29(23)41)24-4-6-26(38)33-28(24)40/h1-3,5,15-17,19,24H,4,6-14,18H2,(H2,30,39)(H,33,38,40)/t24-/m1/s1. The summed E-state index contributed by atoms with van der Waals surface area (Å²) in [4.78, 5) is 59.7. The highest BCUT2D eigenvalue weighted by molar-refractivity contribution is 5.99. The van der Waals surface area contributed by atoms with Crippen LogP contribution in [0.15, 0.2) is 47.5 Å². The number of nitrogens with two attached hydrogens (primary N) is 1. The fourth-order valence-corrected chi connectivity index (χ4v) is 6.10. The number of primary amides is 1. The van der Waals surface area contributed by atoms with Crippen LogP contribution in [-0.4, -0.2) is 83.2 Å². The van der Waals surface area contributed by atoms with E-state index in [1.165, 1.54) is 4.68 Å². The summed E-state index contributed by atoms with van der Waals surface area (Å²) in [7, 11) is 0. The van der Waals surface area contributed by atoms with Gasteiger partial charge in [-0.2, -0.15) is 5.10 Å². The van der Waals surface area contributed by atoms with Crippen molar-refractivity contribution in [1.29, 1.82) is 0 Å². The summed E-state index contributed by atoms with van der Waals surface area (Å²) in [5.74, 6) is 0.266. The zero-order valence-corrected chi connectivity index (χ0v) is 22.9. The maximum atomic E-state index is 13.1. The van der Waals surface area contributed by atoms with E-state index in [1.807, 2.05) is 24.3 Å². The maximum absolute atomic E-state index is 13.1. The molecular formula is C29H34N8O4. The van der Waals surface area contributed by atoms with Crippen molar-refractivity contribution in [2.24, 2.45) is 11.7 Å². The molecule has 0 bridgehead atoms. The van der Waals surface area contributed by atoms with Gasteiger partial charge >= 0.3 is 0 Å². The molecule has 5 heterocycles. The van der Waals surface area contributed by atoms with Crippen LogP contribution in [-0.2, 0) is 9.59 Å². The minimum Gasteiger partial charge on any atom is -0.369 e. The van der Waals surface area contributed by atoms with Crippen molar-refractivity contribution in [3.63, 3.8) is 0 Å². The quantitative estimate of drug-likeness (QED) is 0.421. The van der Waals surface area contributed by atoms with Gasteiger partial charge in [-0.25, -0.2) is 9.67 Å². The predicted octanol–water partition coefficient (Wildman–Crippen LogP) is 0.907. The van der Waals surface area contributed by atoms with Gasteiger partial charge in [-0.05, 0) is 55.5 Å². The molecule has 214 valence electrons. The Balaban J connectivity index is 1.02. The Labute approximate surface area is 237 Å². The van der Waals surface area contributed by atoms with Crippen molar-refractivity contribution in [2.45, 2.75) is 31.7 Å². The van der Waals surface area contributed by atoms with Crippen LogP contribution in [0.5, 0.6) is 0 Å². The van der Waals surface area contributed by atoms with Crippen LogP contribution in [0.4, 0.5) is 11.5 Å². The summed E-state index contributed by atoms with van der Waals surface area (Å²) in [5.41, 5.74) is 6.48. The average molecular weight is 559 g/mol. The van der Waals surface area contributed by atoms with Gasteiger partial charge in [-0.1, -0.05) is 0 Å². The molecule has 0 saturated carbocycles. The van der Waals surface area contributed by atoms with Gasteiger partial charge in [0.25, 0.3) is 11.5 Å². The number of hydrogen-bond acceptors (Lipinski definition) is 9. The number of benzene rings is 1. The molecule has 3 aromatic rings. The van der Waals surface area contributed by atoms with Crippen molar-refractivity contribution in [1.82, 2.24) is 25.0 Å². The molecule has 3 N–H and O–H groups in total. The van der Waals surface area contributed by atoms with Crippen LogP contribution >= 0.6 is 0 Å². The Kier molecular flexibility index (Phi) is 7.39. The summed E-state index contributed by atoms with van der Waals surface area (Å²) >= 11 is 0. The molecule has 3 aliphatic rings. The zero-order valence-electron chi connectivity index (χ0n) is 22.9. The van der Waals surface area contributed by atoms with Crippen LogP contribution in [0.1, 0.15) is 42.1 Å². The first-order chi connectivity index (χ1) is 19.9. The number of pyridine rings is 1. The minimum atomic E-state index is -0.768. The van der Waals surface area contributed by atoms with Gasteiger partial charge in [0.15, 0.2) is 0 Å². The fraction of sp³-hybridized carbons (Fsp3) is 0.448. The summed E-state index contributed by atoms with van der Waals surface area (Å²) in [6.45, 7) is 6.74. The van der Waals surface area contributed by atoms with Gasteiger partial charge in [0, 0.05) is 69.5 Å². The van der Waals surface area contributed by atoms with E-state index in [2.05, 4.69) is 30.1 Å². The van der Waals surface area contributed by atoms with E-state index in [4.69, 9.17) is 5.73 Å². The van der Waals surface area contributed by atoms with E-state index in [9.17, 15) is 19.2 Å². The van der Waals surface area contributed by atoms with E-state index in [1.54, 1.807) is 18.5 Å². The predicted molar refractivity (Wildman–Crippen MR) is 154 cm³/mol. The molecule has 2 aromatic heterocycles. The maximum Gasteiger partial charge on any atom is 0.275 e. The molecule has 0 aliphatic carbocycles. The molecule has 12 nitrogen and oxygen atoms in total. The largest absolute Gasteiger partial charge is 0.369 e. The van der Waals surface area contributed by atoms with Crippen LogP contribution in [0.3, 0.4) is 0 Å². The molecule has 0 radical (unpaired) electrons. The Bertz CT molecular complexity index is 1520. The molecule has 3 aliphatic heterocycles. The summed E-state index contributed by atoms with van der Waals surface area (Å²) in [6.07, 6.45) is 5.86. The van der Waals surface area contributed by atoms with Crippen molar-refractivity contribution >= 4 is 40.0 Å². The first-order valence-electron chi connectivity index (χ1n) is 14.2. The third-order valence-corrected chi connectivity index (χ3v) is 8.52. The number of carbonyl (C=O) groups excluding carboxylic acids is 3. The Hall–Kier alpha value is -4.32. The number of amides is 3. The van der Waals surface area contributed by atoms with Crippen molar-refractivity contribution in [2.75, 3.05) is 55.6 Å². The van der Waals surface area contributed by atoms with E-state index in [0.29, 0.717) is 16.9 Å². The number of rotatable bonds is 6. The zero-order chi connectivity index (χ0) is 28.5. The molecule has 0 spiro atoms. The molecule has 3 saturated heterocycles. The molecule has 6 rings (SSSR count). The number of nitrogens with one attached hydrogen (secondary N) is 1. The van der Waals surface area contributed by atoms with E-state index >= 15 is 0 Å². The van der Waals surface area contributed by atoms with E-state index in [-0.39, 0.29) is 24.3 Å². The molecular weight excluding hydrogens is 524 g/mol. The second kappa shape index (κ2) is 11.3. The van der Waals surface area contributed by atoms with Crippen LogP contribution in [0, 0.1) is 5.92 Å². The topological polar surface area (TPSA) is 147 Å². The Morgan fingerprint density at radius 1 is 0.927 bits per heavy atom. The molecule has 41 heavy (non-hydrogen) atoms. The lowest BCUT2D eigenvalue weighted by atomic mass is 9.96. The van der Waals surface area contributed by atoms with E-state index in [0.717, 1.165) is 75.5 Å². The van der Waals surface area contributed by atoms with E-state index < -0.39 is 17.9 Å². The molecule has 3 amide bonds.